The first-order valence-electron chi connectivity index (χ1n) is 19.3. The number of benzene rings is 1. The summed E-state index contributed by atoms with van der Waals surface area (Å²) in [6.07, 6.45) is 7.36. The number of carbonyl (C=O) groups excluding carboxylic acids is 2. The minimum Gasteiger partial charge on any atom is -0.397 e. The zero-order valence-corrected chi connectivity index (χ0v) is 31.6. The van der Waals surface area contributed by atoms with Gasteiger partial charge in [-0.3, -0.25) is 4.79 Å². The van der Waals surface area contributed by atoms with Crippen LogP contribution in [0.2, 0.25) is 5.02 Å². The number of aliphatic hydroxyl groups is 1. The number of alkyl halides is 3. The van der Waals surface area contributed by atoms with Crippen molar-refractivity contribution in [1.82, 2.24) is 9.80 Å². The summed E-state index contributed by atoms with van der Waals surface area (Å²) in [7, 11) is 0. The second-order valence-corrected chi connectivity index (χ2v) is 16.7. The number of fused-ring (bicyclic) bond motifs is 1. The summed E-state index contributed by atoms with van der Waals surface area (Å²) in [5.74, 6) is 0.538. The number of urea groups is 1. The Morgan fingerprint density at radius 3 is 2.35 bits per heavy atom. The van der Waals surface area contributed by atoms with E-state index in [0.29, 0.717) is 43.7 Å². The van der Waals surface area contributed by atoms with Crippen molar-refractivity contribution in [2.75, 3.05) is 30.7 Å². The Kier molecular flexibility index (Phi) is 13.5. The third-order valence-electron chi connectivity index (χ3n) is 12.1. The quantitative estimate of drug-likeness (QED) is 0.139. The van der Waals surface area contributed by atoms with E-state index < -0.39 is 29.8 Å². The van der Waals surface area contributed by atoms with Crippen LogP contribution in [-0.2, 0) is 28.5 Å². The molecule has 2 amide bonds. The van der Waals surface area contributed by atoms with Crippen LogP contribution in [-0.4, -0.2) is 70.8 Å². The van der Waals surface area contributed by atoms with Crippen molar-refractivity contribution in [1.29, 1.82) is 0 Å². The summed E-state index contributed by atoms with van der Waals surface area (Å²) >= 11 is 7.72. The zero-order chi connectivity index (χ0) is 36.8. The number of nitrogens with one attached hydrogen (secondary N) is 1. The Balaban J connectivity index is 1.02. The number of ketones is 1. The predicted molar refractivity (Wildman–Crippen MR) is 200 cm³/mol. The molecule has 0 bridgehead atoms. The van der Waals surface area contributed by atoms with Crippen LogP contribution in [0.3, 0.4) is 0 Å². The van der Waals surface area contributed by atoms with Crippen LogP contribution in [0.5, 0.6) is 0 Å². The maximum absolute atomic E-state index is 13.8. The molecule has 1 aromatic heterocycles. The first-order valence-corrected chi connectivity index (χ1v) is 20.6. The van der Waals surface area contributed by atoms with E-state index in [1.807, 2.05) is 10.3 Å². The largest absolute Gasteiger partial charge is 0.418 e. The molecule has 2 atom stereocenters. The smallest absolute Gasteiger partial charge is 0.397 e. The van der Waals surface area contributed by atoms with Gasteiger partial charge in [-0.2, -0.15) is 13.2 Å². The first kappa shape index (κ1) is 39.3. The number of halogens is 4. The fraction of sp³-hybridized carbons (Fsp3) is 0.692. The number of thiophene rings is 1. The Morgan fingerprint density at radius 1 is 0.981 bits per heavy atom. The number of nitrogens with two attached hydrogens (primary N) is 1. The molecular formula is C39H54ClF3N4O4S. The summed E-state index contributed by atoms with van der Waals surface area (Å²) < 4.78 is 47.3. The fourth-order valence-electron chi connectivity index (χ4n) is 8.95. The Hall–Kier alpha value is -2.38. The molecule has 8 nitrogen and oxygen atoms in total. The van der Waals surface area contributed by atoms with Crippen LogP contribution in [0.1, 0.15) is 113 Å². The van der Waals surface area contributed by atoms with Crippen LogP contribution < -0.4 is 11.1 Å². The number of nitrogens with zero attached hydrogens (tertiary/aromatic N) is 2. The number of rotatable bonds is 13. The van der Waals surface area contributed by atoms with Crippen LogP contribution in [0.15, 0.2) is 22.9 Å². The lowest BCUT2D eigenvalue weighted by Gasteiger charge is -2.39. The number of amides is 2. The highest BCUT2D eigenvalue weighted by molar-refractivity contribution is 7.08. The van der Waals surface area contributed by atoms with Crippen molar-refractivity contribution >= 4 is 46.1 Å². The number of anilines is 2. The minimum atomic E-state index is -4.71. The number of piperidine rings is 1. The number of aliphatic hydroxyl groups excluding tert-OH is 1. The molecule has 0 spiro atoms. The molecule has 1 unspecified atom stereocenters. The lowest BCUT2D eigenvalue weighted by molar-refractivity contribution is -0.161. The summed E-state index contributed by atoms with van der Waals surface area (Å²) in [4.78, 5) is 31.2. The Morgan fingerprint density at radius 2 is 1.65 bits per heavy atom. The molecule has 6 rings (SSSR count). The molecule has 4 N–H and O–H groups in total. The van der Waals surface area contributed by atoms with E-state index in [-0.39, 0.29) is 41.3 Å². The fourth-order valence-corrected chi connectivity index (χ4v) is 10.0. The molecule has 2 aliphatic carbocycles. The monoisotopic (exact) mass is 766 g/mol. The van der Waals surface area contributed by atoms with Crippen LogP contribution in [0.25, 0.3) is 0 Å². The number of ether oxygens (including phenoxy) is 1. The van der Waals surface area contributed by atoms with Gasteiger partial charge < -0.3 is 30.7 Å². The molecular weight excluding hydrogens is 713 g/mol. The molecule has 1 saturated heterocycles. The molecule has 2 aliphatic heterocycles. The molecule has 3 fully saturated rings. The number of likely N-dealkylation sites (tertiary alicyclic amines) is 1. The normalized spacial score (nSPS) is 25.9. The van der Waals surface area contributed by atoms with Gasteiger partial charge in [0.15, 0.2) is 12.1 Å². The highest BCUT2D eigenvalue weighted by Gasteiger charge is 2.36. The molecule has 52 heavy (non-hydrogen) atoms. The number of Topliss-reactive ketones (excluding diaryl/α,β-unsaturated/α-hetero) is 1. The van der Waals surface area contributed by atoms with Crippen molar-refractivity contribution in [3.8, 4) is 0 Å². The SMILES string of the molecule is Nc1c(Cl)cc(C[C@@H](OC(O)CCC2CCC(N3CCc4cscc4NC3=O)CC2)C(=O)CCC2CCC(N3CCCCC3)CC2)cc1C(F)(F)F. The van der Waals surface area contributed by atoms with E-state index in [4.69, 9.17) is 22.1 Å². The second-order valence-electron chi connectivity index (χ2n) is 15.5. The van der Waals surface area contributed by atoms with Gasteiger partial charge in [0.25, 0.3) is 0 Å². The molecule has 4 aliphatic rings. The van der Waals surface area contributed by atoms with Gasteiger partial charge in [-0.25, -0.2) is 4.79 Å². The van der Waals surface area contributed by atoms with Crippen molar-refractivity contribution < 1.29 is 32.6 Å². The van der Waals surface area contributed by atoms with Crippen molar-refractivity contribution in [2.24, 2.45) is 11.8 Å². The van der Waals surface area contributed by atoms with E-state index in [1.54, 1.807) is 11.3 Å². The van der Waals surface area contributed by atoms with Crippen molar-refractivity contribution in [3.05, 3.63) is 44.6 Å². The van der Waals surface area contributed by atoms with Crippen molar-refractivity contribution in [2.45, 2.75) is 140 Å². The third-order valence-corrected chi connectivity index (χ3v) is 13.2. The summed E-state index contributed by atoms with van der Waals surface area (Å²) in [6.45, 7) is 3.04. The van der Waals surface area contributed by atoms with Gasteiger partial charge in [0, 0.05) is 36.9 Å². The van der Waals surface area contributed by atoms with Crippen LogP contribution in [0, 0.1) is 11.8 Å². The molecule has 13 heteroatoms. The van der Waals surface area contributed by atoms with Crippen LogP contribution in [0.4, 0.5) is 29.3 Å². The van der Waals surface area contributed by atoms with E-state index >= 15 is 0 Å². The number of hydrogen-bond acceptors (Lipinski definition) is 7. The van der Waals surface area contributed by atoms with Crippen LogP contribution >= 0.6 is 22.9 Å². The van der Waals surface area contributed by atoms with Gasteiger partial charge in [0.05, 0.1) is 22.0 Å². The van der Waals surface area contributed by atoms with Gasteiger partial charge in [0.1, 0.15) is 6.10 Å². The lowest BCUT2D eigenvalue weighted by atomic mass is 9.81. The Bertz CT molecular complexity index is 1500. The average Bonchev–Trinajstić information content (AvgIpc) is 3.51. The van der Waals surface area contributed by atoms with Gasteiger partial charge in [0.2, 0.25) is 0 Å². The van der Waals surface area contributed by atoms with Gasteiger partial charge >= 0.3 is 12.2 Å². The zero-order valence-electron chi connectivity index (χ0n) is 30.0. The van der Waals surface area contributed by atoms with Gasteiger partial charge in [-0.1, -0.05) is 18.0 Å². The van der Waals surface area contributed by atoms with Gasteiger partial charge in [-0.05, 0) is 143 Å². The van der Waals surface area contributed by atoms with E-state index in [9.17, 15) is 27.9 Å². The molecule has 288 valence electrons. The Labute approximate surface area is 314 Å². The maximum atomic E-state index is 13.8. The molecule has 3 heterocycles. The summed E-state index contributed by atoms with van der Waals surface area (Å²) in [6, 6.07) is 3.03. The number of carbonyl (C=O) groups is 2. The lowest BCUT2D eigenvalue weighted by Crippen LogP contribution is -2.44. The summed E-state index contributed by atoms with van der Waals surface area (Å²) in [5, 5.41) is 17.9. The van der Waals surface area contributed by atoms with E-state index in [1.165, 1.54) is 44.0 Å². The molecule has 0 radical (unpaired) electrons. The highest BCUT2D eigenvalue weighted by atomic mass is 35.5. The van der Waals surface area contributed by atoms with Gasteiger partial charge in [-0.15, -0.1) is 11.3 Å². The average molecular weight is 767 g/mol. The number of nitrogen functional groups attached to an aromatic ring is 1. The molecule has 2 saturated carbocycles. The standard InChI is InChI=1S/C39H54ClF3N4O4S/c40-32-21-27(20-31(37(32)44)39(41,42)43)22-35(34(48)14-8-25-4-10-29(11-5-25)46-17-2-1-3-18-46)51-36(49)15-9-26-6-12-30(13-7-26)47-19-16-28-23-52-24-33(28)45-38(47)50/h20-21,23-26,29-30,35-36,49H,1-19,22,44H2,(H,45,50)/t25?,26?,29?,30?,35-,36?/m1/s1. The van der Waals surface area contributed by atoms with E-state index in [2.05, 4.69) is 15.6 Å². The predicted octanol–water partition coefficient (Wildman–Crippen LogP) is 9.07. The number of hydrogen-bond donors (Lipinski definition) is 3. The molecule has 2 aromatic rings. The topological polar surface area (TPSA) is 108 Å². The summed E-state index contributed by atoms with van der Waals surface area (Å²) in [5.41, 5.74) is 6.35. The second kappa shape index (κ2) is 17.8. The highest BCUT2D eigenvalue weighted by Crippen LogP contribution is 2.39. The molecule has 1 aromatic carbocycles. The maximum Gasteiger partial charge on any atom is 0.418 e. The minimum absolute atomic E-state index is 0.0463. The van der Waals surface area contributed by atoms with Crippen molar-refractivity contribution in [3.63, 3.8) is 0 Å². The van der Waals surface area contributed by atoms with E-state index in [0.717, 1.165) is 69.5 Å². The first-order chi connectivity index (χ1) is 24.9. The third kappa shape index (κ3) is 10.2.